The molecule has 2 fully saturated rings. The summed E-state index contributed by atoms with van der Waals surface area (Å²) < 4.78 is 41.5. The second-order valence-corrected chi connectivity index (χ2v) is 11.9. The van der Waals surface area contributed by atoms with Gasteiger partial charge in [0.1, 0.15) is 82.6 Å². The Labute approximate surface area is 258 Å². The van der Waals surface area contributed by atoms with Gasteiger partial charge < -0.3 is 40.1 Å². The first-order chi connectivity index (χ1) is 21.7. The number of nitrogens with zero attached hydrogens (tertiary/aromatic N) is 6. The predicted molar refractivity (Wildman–Crippen MR) is 152 cm³/mol. The van der Waals surface area contributed by atoms with Crippen LogP contribution in [0.25, 0.3) is 22.5 Å². The van der Waals surface area contributed by atoms with E-state index < -0.39 is 84.4 Å². The Hall–Kier alpha value is -3.39. The first-order valence-electron chi connectivity index (χ1n) is 13.9. The van der Waals surface area contributed by atoms with Crippen molar-refractivity contribution in [3.05, 3.63) is 72.6 Å². The maximum absolute atomic E-state index is 13.8. The Morgan fingerprint density at radius 2 is 1.09 bits per heavy atom. The lowest BCUT2D eigenvalue weighted by molar-refractivity contribution is -0.189. The minimum absolute atomic E-state index is 0.268. The number of aliphatic hydroxyl groups excluding tert-OH is 6. The quantitative estimate of drug-likeness (QED) is 0.148. The molecule has 2 saturated heterocycles. The lowest BCUT2D eigenvalue weighted by Gasteiger charge is -2.46. The molecule has 17 heteroatoms. The predicted octanol–water partition coefficient (Wildman–Crippen LogP) is -0.125. The van der Waals surface area contributed by atoms with Crippen LogP contribution in [0.3, 0.4) is 0 Å². The summed E-state index contributed by atoms with van der Waals surface area (Å²) in [6.07, 6.45) is -5.48. The van der Waals surface area contributed by atoms with Crippen molar-refractivity contribution in [2.24, 2.45) is 0 Å². The molecular formula is C28H30F2N6O8S. The summed E-state index contributed by atoms with van der Waals surface area (Å²) in [4.78, 5) is 0. The van der Waals surface area contributed by atoms with Crippen LogP contribution in [-0.4, -0.2) is 121 Å². The minimum atomic E-state index is -1.51. The topological polar surface area (TPSA) is 201 Å². The van der Waals surface area contributed by atoms with Crippen molar-refractivity contribution >= 4 is 11.8 Å². The van der Waals surface area contributed by atoms with Crippen LogP contribution in [-0.2, 0) is 9.47 Å². The van der Waals surface area contributed by atoms with Crippen LogP contribution >= 0.6 is 11.8 Å². The fourth-order valence-corrected chi connectivity index (χ4v) is 6.84. The normalized spacial score (nSPS) is 32.1. The minimum Gasteiger partial charge on any atom is -0.394 e. The molecule has 2 aromatic carbocycles. The highest BCUT2D eigenvalue weighted by Gasteiger charge is 2.51. The largest absolute Gasteiger partial charge is 0.394 e. The van der Waals surface area contributed by atoms with Gasteiger partial charge >= 0.3 is 0 Å². The van der Waals surface area contributed by atoms with Crippen LogP contribution in [0.2, 0.25) is 0 Å². The summed E-state index contributed by atoms with van der Waals surface area (Å²) in [5.41, 5.74) is -1.10. The number of ether oxygens (including phenoxy) is 2. The van der Waals surface area contributed by atoms with Crippen molar-refractivity contribution in [3.8, 4) is 22.5 Å². The first kappa shape index (κ1) is 31.6. The molecule has 4 aromatic rings. The van der Waals surface area contributed by atoms with Crippen LogP contribution in [0.5, 0.6) is 0 Å². The SMILES string of the molecule is OC[C@H]1O[C@@H](SC2O[C@H](CO)C(O)[C@H](n3cc(-c4cccc(F)c4)nn3)[C@H]2O)C(O)[C@@H](n2cc(-c3cccc(F)c3)nn2)C1O. The van der Waals surface area contributed by atoms with Gasteiger partial charge in [-0.05, 0) is 24.3 Å². The number of aromatic nitrogens is 6. The van der Waals surface area contributed by atoms with E-state index in [0.717, 1.165) is 11.8 Å². The van der Waals surface area contributed by atoms with Crippen molar-refractivity contribution in [1.29, 1.82) is 0 Å². The summed E-state index contributed by atoms with van der Waals surface area (Å²) in [5, 5.41) is 80.8. The van der Waals surface area contributed by atoms with E-state index in [4.69, 9.17) is 9.47 Å². The maximum atomic E-state index is 13.8. The van der Waals surface area contributed by atoms with Gasteiger partial charge in [-0.3, -0.25) is 0 Å². The zero-order valence-electron chi connectivity index (χ0n) is 23.3. The number of hydrogen-bond acceptors (Lipinski definition) is 13. The van der Waals surface area contributed by atoms with Gasteiger partial charge in [0.05, 0.1) is 25.6 Å². The van der Waals surface area contributed by atoms with Gasteiger partial charge in [-0.25, -0.2) is 18.1 Å². The maximum Gasteiger partial charge on any atom is 0.134 e. The average Bonchev–Trinajstić information content (AvgIpc) is 3.71. The van der Waals surface area contributed by atoms with E-state index in [1.807, 2.05) is 0 Å². The fraction of sp³-hybridized carbons (Fsp3) is 0.429. The second-order valence-electron chi connectivity index (χ2n) is 10.7. The van der Waals surface area contributed by atoms with E-state index in [1.165, 1.54) is 58.2 Å². The molecule has 0 aliphatic carbocycles. The molecule has 14 nitrogen and oxygen atoms in total. The van der Waals surface area contributed by atoms with Gasteiger partial charge in [0.15, 0.2) is 0 Å². The zero-order chi connectivity index (χ0) is 31.8. The molecule has 2 aliphatic rings. The fourth-order valence-electron chi connectivity index (χ4n) is 5.52. The third kappa shape index (κ3) is 6.23. The molecule has 0 spiro atoms. The molecule has 45 heavy (non-hydrogen) atoms. The van der Waals surface area contributed by atoms with Crippen LogP contribution in [0.4, 0.5) is 8.78 Å². The van der Waals surface area contributed by atoms with Crippen molar-refractivity contribution in [2.45, 2.75) is 59.6 Å². The molecule has 240 valence electrons. The Morgan fingerprint density at radius 3 is 1.47 bits per heavy atom. The Kier molecular flexibility index (Phi) is 9.23. The first-order valence-corrected chi connectivity index (χ1v) is 14.9. The highest BCUT2D eigenvalue weighted by atomic mass is 32.2. The van der Waals surface area contributed by atoms with Gasteiger partial charge in [-0.2, -0.15) is 0 Å². The van der Waals surface area contributed by atoms with E-state index in [2.05, 4.69) is 20.6 Å². The summed E-state index contributed by atoms with van der Waals surface area (Å²) in [6, 6.07) is 8.88. The molecule has 0 radical (unpaired) electrons. The molecule has 2 aromatic heterocycles. The van der Waals surface area contributed by atoms with Crippen LogP contribution in [0.15, 0.2) is 60.9 Å². The van der Waals surface area contributed by atoms with Crippen molar-refractivity contribution in [3.63, 3.8) is 0 Å². The van der Waals surface area contributed by atoms with E-state index in [1.54, 1.807) is 12.1 Å². The highest BCUT2D eigenvalue weighted by molar-refractivity contribution is 8.00. The van der Waals surface area contributed by atoms with Gasteiger partial charge in [-0.15, -0.1) is 10.2 Å². The highest BCUT2D eigenvalue weighted by Crippen LogP contribution is 2.42. The number of hydrogen-bond donors (Lipinski definition) is 6. The molecule has 4 heterocycles. The Balaban J connectivity index is 1.25. The molecule has 6 rings (SSSR count). The van der Waals surface area contributed by atoms with Crippen LogP contribution in [0.1, 0.15) is 12.1 Å². The number of rotatable bonds is 8. The van der Waals surface area contributed by atoms with Crippen LogP contribution < -0.4 is 0 Å². The second kappa shape index (κ2) is 13.1. The van der Waals surface area contributed by atoms with Crippen molar-refractivity contribution in [2.75, 3.05) is 13.2 Å². The third-order valence-electron chi connectivity index (χ3n) is 7.84. The molecule has 2 aliphatic heterocycles. The summed E-state index contributed by atoms with van der Waals surface area (Å²) >= 11 is 0.796. The Morgan fingerprint density at radius 1 is 0.667 bits per heavy atom. The van der Waals surface area contributed by atoms with E-state index in [-0.39, 0.29) is 11.4 Å². The molecule has 10 atom stereocenters. The summed E-state index contributed by atoms with van der Waals surface area (Å²) in [7, 11) is 0. The van der Waals surface area contributed by atoms with E-state index >= 15 is 0 Å². The molecule has 0 saturated carbocycles. The van der Waals surface area contributed by atoms with Gasteiger partial charge in [0.25, 0.3) is 0 Å². The lowest BCUT2D eigenvalue weighted by atomic mass is 9.97. The van der Waals surface area contributed by atoms with Gasteiger partial charge in [-0.1, -0.05) is 46.5 Å². The van der Waals surface area contributed by atoms with Crippen molar-refractivity contribution in [1.82, 2.24) is 30.0 Å². The van der Waals surface area contributed by atoms with Gasteiger partial charge in [0, 0.05) is 11.1 Å². The van der Waals surface area contributed by atoms with Gasteiger partial charge in [0.2, 0.25) is 0 Å². The molecule has 0 amide bonds. The number of aliphatic hydroxyl groups is 6. The lowest BCUT2D eigenvalue weighted by Crippen LogP contribution is -2.58. The zero-order valence-corrected chi connectivity index (χ0v) is 24.1. The number of halogens is 2. The standard InChI is InChI=1S/C28H30F2N6O8S/c29-15-5-1-3-13(7-15)17-9-35(33-31-17)21-23(39)19(11-37)43-27(25(21)41)45-28-26(42)22(24(40)20(12-38)44-28)36-10-18(32-34-36)14-4-2-6-16(30)8-14/h1-10,19-28,37-42H,11-12H2/t19-,20-,21+,22+,23?,24?,25-,26?,27?,28+/m1/s1. The number of benzene rings is 2. The molecule has 0 bridgehead atoms. The molecule has 4 unspecified atom stereocenters. The smallest absolute Gasteiger partial charge is 0.134 e. The average molecular weight is 649 g/mol. The van der Waals surface area contributed by atoms with Crippen molar-refractivity contribution < 1.29 is 48.9 Å². The van der Waals surface area contributed by atoms with E-state index in [9.17, 15) is 39.4 Å². The summed E-state index contributed by atoms with van der Waals surface area (Å²) in [5.74, 6) is -0.978. The number of thioether (sulfide) groups is 1. The van der Waals surface area contributed by atoms with E-state index in [0.29, 0.717) is 11.1 Å². The molecule has 6 N–H and O–H groups in total. The molecular weight excluding hydrogens is 618 g/mol. The Bertz CT molecular complexity index is 1500. The summed E-state index contributed by atoms with van der Waals surface area (Å²) in [6.45, 7) is -1.27. The third-order valence-corrected chi connectivity index (χ3v) is 9.15. The van der Waals surface area contributed by atoms with Crippen LogP contribution in [0, 0.1) is 11.6 Å². The monoisotopic (exact) mass is 648 g/mol.